The Morgan fingerprint density at radius 1 is 1.63 bits per heavy atom. The summed E-state index contributed by atoms with van der Waals surface area (Å²) in [7, 11) is 0. The number of halogens is 2. The Morgan fingerprint density at radius 3 is 2.74 bits per heavy atom. The summed E-state index contributed by atoms with van der Waals surface area (Å²) in [4.78, 5) is 24.5. The molecule has 1 rings (SSSR count). The van der Waals surface area contributed by atoms with Crippen molar-refractivity contribution in [3.63, 3.8) is 0 Å². The lowest BCUT2D eigenvalue weighted by Crippen LogP contribution is -2.13. The zero-order chi connectivity index (χ0) is 14.6. The molecule has 0 saturated heterocycles. The molecule has 104 valence electrons. The number of anilines is 1. The van der Waals surface area contributed by atoms with Gasteiger partial charge in [-0.3, -0.25) is 19.9 Å². The third-order valence-corrected chi connectivity index (χ3v) is 2.22. The van der Waals surface area contributed by atoms with Crippen molar-refractivity contribution >= 4 is 17.3 Å². The second-order valence-electron chi connectivity index (χ2n) is 3.46. The van der Waals surface area contributed by atoms with E-state index in [0.717, 1.165) is 6.20 Å². The molecule has 9 heteroatoms. The maximum absolute atomic E-state index is 12.9. The lowest BCUT2D eigenvalue weighted by molar-refractivity contribution is -0.385. The molecule has 0 aliphatic rings. The Balaban J connectivity index is 3.28. The third-order valence-electron chi connectivity index (χ3n) is 2.22. The van der Waals surface area contributed by atoms with Crippen molar-refractivity contribution < 1.29 is 23.2 Å². The van der Waals surface area contributed by atoms with Gasteiger partial charge in [0.15, 0.2) is 0 Å². The highest BCUT2D eigenvalue weighted by Crippen LogP contribution is 2.35. The van der Waals surface area contributed by atoms with Crippen LogP contribution in [0.1, 0.15) is 24.6 Å². The quantitative estimate of drug-likeness (QED) is 0.497. The summed E-state index contributed by atoms with van der Waals surface area (Å²) in [5, 5.41) is 10.8. The number of ether oxygens (including phenoxy) is 1. The maximum Gasteiger partial charge on any atom is 0.311 e. The fraction of sp³-hybridized carbons (Fsp3) is 0.400. The maximum atomic E-state index is 12.9. The van der Waals surface area contributed by atoms with E-state index in [4.69, 9.17) is 5.73 Å². The van der Waals surface area contributed by atoms with Crippen LogP contribution in [-0.4, -0.2) is 22.5 Å². The lowest BCUT2D eigenvalue weighted by Gasteiger charge is -2.09. The molecule has 0 bridgehead atoms. The number of hydrogen-bond donors (Lipinski definition) is 1. The van der Waals surface area contributed by atoms with E-state index in [1.807, 2.05) is 0 Å². The van der Waals surface area contributed by atoms with Gasteiger partial charge in [-0.15, -0.1) is 0 Å². The zero-order valence-corrected chi connectivity index (χ0v) is 9.93. The third kappa shape index (κ3) is 3.33. The first-order valence-electron chi connectivity index (χ1n) is 5.23. The summed E-state index contributed by atoms with van der Waals surface area (Å²) in [6, 6.07) is 0. The van der Waals surface area contributed by atoms with E-state index in [9.17, 15) is 23.7 Å². The lowest BCUT2D eigenvalue weighted by atomic mass is 10.1. The molecule has 2 N–H and O–H groups in total. The topological polar surface area (TPSA) is 108 Å². The number of carbonyl (C=O) groups excluding carboxylic acids is 1. The summed E-state index contributed by atoms with van der Waals surface area (Å²) < 4.78 is 30.4. The van der Waals surface area contributed by atoms with E-state index in [1.54, 1.807) is 6.92 Å². The number of nitrogens with zero attached hydrogens (tertiary/aromatic N) is 2. The number of nitrogen functional groups attached to an aromatic ring is 1. The molecule has 1 heterocycles. The minimum Gasteiger partial charge on any atom is -0.466 e. The molecule has 7 nitrogen and oxygen atoms in total. The van der Waals surface area contributed by atoms with Crippen LogP contribution in [0.15, 0.2) is 6.20 Å². The van der Waals surface area contributed by atoms with Gasteiger partial charge in [-0.05, 0) is 6.92 Å². The fourth-order valence-electron chi connectivity index (χ4n) is 1.49. The van der Waals surface area contributed by atoms with E-state index in [1.165, 1.54) is 0 Å². The van der Waals surface area contributed by atoms with E-state index < -0.39 is 46.4 Å². The number of nitro groups is 1. The van der Waals surface area contributed by atoms with Crippen molar-refractivity contribution in [3.05, 3.63) is 27.6 Å². The molecule has 0 fully saturated rings. The molecule has 0 radical (unpaired) electrons. The monoisotopic (exact) mass is 275 g/mol. The molecule has 0 aliphatic heterocycles. The van der Waals surface area contributed by atoms with Crippen LogP contribution in [0.4, 0.5) is 20.2 Å². The SMILES string of the molecule is CCOC(=O)Cc1ncc(N)c([N+](=O)[O-])c1C(F)F. The van der Waals surface area contributed by atoms with E-state index in [-0.39, 0.29) is 6.61 Å². The van der Waals surface area contributed by atoms with Crippen molar-refractivity contribution in [1.82, 2.24) is 4.98 Å². The first-order valence-corrected chi connectivity index (χ1v) is 5.23. The van der Waals surface area contributed by atoms with Gasteiger partial charge in [0.25, 0.3) is 6.43 Å². The van der Waals surface area contributed by atoms with Crippen LogP contribution in [0.3, 0.4) is 0 Å². The minimum absolute atomic E-state index is 0.0694. The molecule has 0 spiro atoms. The molecular weight excluding hydrogens is 264 g/mol. The van der Waals surface area contributed by atoms with Crippen molar-refractivity contribution in [2.75, 3.05) is 12.3 Å². The number of nitrogens with two attached hydrogens (primary N) is 1. The van der Waals surface area contributed by atoms with Crippen LogP contribution < -0.4 is 5.73 Å². The highest BCUT2D eigenvalue weighted by molar-refractivity contribution is 5.74. The van der Waals surface area contributed by atoms with Crippen LogP contribution >= 0.6 is 0 Å². The normalized spacial score (nSPS) is 10.5. The van der Waals surface area contributed by atoms with Gasteiger partial charge < -0.3 is 10.5 Å². The van der Waals surface area contributed by atoms with Gasteiger partial charge in [0.2, 0.25) is 0 Å². The smallest absolute Gasteiger partial charge is 0.311 e. The molecule has 0 saturated carbocycles. The van der Waals surface area contributed by atoms with Gasteiger partial charge in [0, 0.05) is 0 Å². The van der Waals surface area contributed by atoms with Crippen molar-refractivity contribution in [1.29, 1.82) is 0 Å². The van der Waals surface area contributed by atoms with Crippen LogP contribution in [0.25, 0.3) is 0 Å². The van der Waals surface area contributed by atoms with Crippen LogP contribution in [0.5, 0.6) is 0 Å². The first kappa shape index (κ1) is 14.7. The summed E-state index contributed by atoms with van der Waals surface area (Å²) in [5.74, 6) is -0.795. The van der Waals surface area contributed by atoms with Gasteiger partial charge in [-0.2, -0.15) is 0 Å². The van der Waals surface area contributed by atoms with Crippen molar-refractivity contribution in [2.45, 2.75) is 19.8 Å². The molecule has 0 amide bonds. The number of alkyl halides is 2. The highest BCUT2D eigenvalue weighted by Gasteiger charge is 2.30. The number of aromatic nitrogens is 1. The number of carbonyl (C=O) groups is 1. The molecule has 0 aromatic carbocycles. The Morgan fingerprint density at radius 2 is 2.26 bits per heavy atom. The number of pyridine rings is 1. The van der Waals surface area contributed by atoms with E-state index in [2.05, 4.69) is 9.72 Å². The zero-order valence-electron chi connectivity index (χ0n) is 9.93. The predicted octanol–water partition coefficient (Wildman–Crippen LogP) is 1.62. The largest absolute Gasteiger partial charge is 0.466 e. The summed E-state index contributed by atoms with van der Waals surface area (Å²) in [6.45, 7) is 1.62. The number of esters is 1. The summed E-state index contributed by atoms with van der Waals surface area (Å²) in [6.07, 6.45) is -2.87. The molecule has 19 heavy (non-hydrogen) atoms. The van der Waals surface area contributed by atoms with Gasteiger partial charge >= 0.3 is 11.7 Å². The molecule has 1 aromatic rings. The molecule has 0 unspecified atom stereocenters. The molecule has 1 aromatic heterocycles. The minimum atomic E-state index is -3.17. The van der Waals surface area contributed by atoms with Crippen LogP contribution in [-0.2, 0) is 16.0 Å². The number of rotatable bonds is 5. The predicted molar refractivity (Wildman–Crippen MR) is 60.6 cm³/mol. The second kappa shape index (κ2) is 6.03. The van der Waals surface area contributed by atoms with Gasteiger partial charge in [-0.25, -0.2) is 8.78 Å². The van der Waals surface area contributed by atoms with Gasteiger partial charge in [0.1, 0.15) is 11.3 Å². The average molecular weight is 275 g/mol. The summed E-state index contributed by atoms with van der Waals surface area (Å²) in [5.41, 5.74) is 2.51. The first-order chi connectivity index (χ1) is 8.88. The Bertz CT molecular complexity index is 508. The second-order valence-corrected chi connectivity index (χ2v) is 3.46. The molecular formula is C10H11F2N3O4. The number of hydrogen-bond acceptors (Lipinski definition) is 6. The standard InChI is InChI=1S/C10H11F2N3O4/c1-2-19-7(16)3-6-8(10(11)12)9(15(17)18)5(13)4-14-6/h4,10H,2-3,13H2,1H3. The van der Waals surface area contributed by atoms with Crippen LogP contribution in [0, 0.1) is 10.1 Å². The Labute approximate surface area is 106 Å². The van der Waals surface area contributed by atoms with E-state index in [0.29, 0.717) is 0 Å². The molecule has 0 atom stereocenters. The Kier molecular flexibility index (Phi) is 4.67. The van der Waals surface area contributed by atoms with Crippen molar-refractivity contribution in [2.24, 2.45) is 0 Å². The van der Waals surface area contributed by atoms with Gasteiger partial charge in [-0.1, -0.05) is 0 Å². The highest BCUT2D eigenvalue weighted by atomic mass is 19.3. The molecule has 0 aliphatic carbocycles. The fourth-order valence-corrected chi connectivity index (χ4v) is 1.49. The Hall–Kier alpha value is -2.32. The van der Waals surface area contributed by atoms with E-state index >= 15 is 0 Å². The average Bonchev–Trinajstić information content (AvgIpc) is 2.30. The van der Waals surface area contributed by atoms with Crippen LogP contribution in [0.2, 0.25) is 0 Å². The summed E-state index contributed by atoms with van der Waals surface area (Å²) >= 11 is 0. The van der Waals surface area contributed by atoms with Crippen molar-refractivity contribution in [3.8, 4) is 0 Å². The van der Waals surface area contributed by atoms with Gasteiger partial charge in [0.05, 0.1) is 29.8 Å².